The molecule has 0 aliphatic rings. The van der Waals surface area contributed by atoms with Gasteiger partial charge in [0.2, 0.25) is 5.95 Å². The molecule has 0 atom stereocenters. The lowest BCUT2D eigenvalue weighted by molar-refractivity contribution is 0.0995. The molecule has 0 saturated heterocycles. The SMILES string of the molecule is Cn1c(=O)nc(Nc2ccc(Oc3ccc(C(N)=O)nc3)cc2)n(Cc2ccc(Cl)cc2)c1=O. The van der Waals surface area contributed by atoms with Crippen LogP contribution in [0, 0.1) is 0 Å². The van der Waals surface area contributed by atoms with Crippen LogP contribution in [0.5, 0.6) is 11.5 Å². The number of nitrogens with zero attached hydrogens (tertiary/aromatic N) is 4. The summed E-state index contributed by atoms with van der Waals surface area (Å²) in [6.07, 6.45) is 1.39. The Balaban J connectivity index is 1.56. The molecule has 0 saturated carbocycles. The maximum Gasteiger partial charge on any atom is 0.354 e. The second kappa shape index (κ2) is 9.59. The molecule has 2 aromatic carbocycles. The van der Waals surface area contributed by atoms with E-state index in [2.05, 4.69) is 15.3 Å². The molecule has 1 amide bonds. The third-order valence-corrected chi connectivity index (χ3v) is 5.10. The first kappa shape index (κ1) is 22.7. The molecule has 0 radical (unpaired) electrons. The van der Waals surface area contributed by atoms with Gasteiger partial charge in [-0.15, -0.1) is 0 Å². The zero-order valence-electron chi connectivity index (χ0n) is 17.9. The highest BCUT2D eigenvalue weighted by Gasteiger charge is 2.12. The van der Waals surface area contributed by atoms with Gasteiger partial charge in [0.15, 0.2) is 0 Å². The van der Waals surface area contributed by atoms with Crippen molar-refractivity contribution in [1.29, 1.82) is 0 Å². The molecular formula is C23H19ClN6O4. The average molecular weight is 479 g/mol. The van der Waals surface area contributed by atoms with Crippen molar-refractivity contribution in [2.45, 2.75) is 6.54 Å². The smallest absolute Gasteiger partial charge is 0.354 e. The summed E-state index contributed by atoms with van der Waals surface area (Å²) in [4.78, 5) is 44.0. The minimum Gasteiger partial charge on any atom is -0.456 e. The van der Waals surface area contributed by atoms with Crippen molar-refractivity contribution in [3.05, 3.63) is 104 Å². The van der Waals surface area contributed by atoms with E-state index in [0.29, 0.717) is 22.2 Å². The van der Waals surface area contributed by atoms with Crippen LogP contribution in [-0.2, 0) is 13.6 Å². The fourth-order valence-corrected chi connectivity index (χ4v) is 3.17. The third kappa shape index (κ3) is 5.13. The number of anilines is 2. The van der Waals surface area contributed by atoms with Crippen LogP contribution in [0.25, 0.3) is 0 Å². The predicted molar refractivity (Wildman–Crippen MR) is 127 cm³/mol. The molecule has 0 aliphatic heterocycles. The summed E-state index contributed by atoms with van der Waals surface area (Å²) in [6, 6.07) is 16.9. The van der Waals surface area contributed by atoms with Gasteiger partial charge in [0.05, 0.1) is 12.7 Å². The van der Waals surface area contributed by atoms with Crippen LogP contribution in [0.3, 0.4) is 0 Å². The van der Waals surface area contributed by atoms with E-state index in [-0.39, 0.29) is 18.2 Å². The molecule has 4 rings (SSSR count). The van der Waals surface area contributed by atoms with Crippen molar-refractivity contribution < 1.29 is 9.53 Å². The second-order valence-electron chi connectivity index (χ2n) is 7.27. The van der Waals surface area contributed by atoms with Crippen molar-refractivity contribution in [2.24, 2.45) is 12.8 Å². The Morgan fingerprint density at radius 1 is 1.03 bits per heavy atom. The lowest BCUT2D eigenvalue weighted by Crippen LogP contribution is -2.41. The lowest BCUT2D eigenvalue weighted by Gasteiger charge is -2.14. The molecule has 0 spiro atoms. The number of primary amides is 1. The summed E-state index contributed by atoms with van der Waals surface area (Å²) in [5.41, 5.74) is 5.53. The molecule has 4 aromatic rings. The van der Waals surface area contributed by atoms with Crippen LogP contribution >= 0.6 is 11.6 Å². The molecule has 11 heteroatoms. The fourth-order valence-electron chi connectivity index (χ4n) is 3.05. The normalized spacial score (nSPS) is 10.6. The first-order chi connectivity index (χ1) is 16.3. The zero-order chi connectivity index (χ0) is 24.2. The summed E-state index contributed by atoms with van der Waals surface area (Å²) in [5, 5.41) is 3.60. The van der Waals surface area contributed by atoms with Crippen molar-refractivity contribution in [2.75, 3.05) is 5.32 Å². The number of aromatic nitrogens is 4. The van der Waals surface area contributed by atoms with Crippen molar-refractivity contribution in [1.82, 2.24) is 19.1 Å². The van der Waals surface area contributed by atoms with Gasteiger partial charge in [-0.05, 0) is 54.1 Å². The minimum atomic E-state index is -0.674. The van der Waals surface area contributed by atoms with Crippen LogP contribution in [-0.4, -0.2) is 25.0 Å². The summed E-state index contributed by atoms with van der Waals surface area (Å²) in [6.45, 7) is 0.189. The monoisotopic (exact) mass is 478 g/mol. The molecule has 10 nitrogen and oxygen atoms in total. The number of nitrogens with one attached hydrogen (secondary N) is 1. The van der Waals surface area contributed by atoms with Crippen molar-refractivity contribution >= 4 is 29.1 Å². The molecule has 0 aliphatic carbocycles. The molecule has 0 bridgehead atoms. The number of carbonyl (C=O) groups excluding carboxylic acids is 1. The Labute approximate surface area is 198 Å². The number of hydrogen-bond acceptors (Lipinski definition) is 7. The topological polar surface area (TPSA) is 134 Å². The van der Waals surface area contributed by atoms with Gasteiger partial charge in [-0.2, -0.15) is 4.98 Å². The zero-order valence-corrected chi connectivity index (χ0v) is 18.7. The van der Waals surface area contributed by atoms with E-state index in [4.69, 9.17) is 22.1 Å². The highest BCUT2D eigenvalue weighted by atomic mass is 35.5. The van der Waals surface area contributed by atoms with Gasteiger partial charge in [0, 0.05) is 17.8 Å². The molecule has 3 N–H and O–H groups in total. The van der Waals surface area contributed by atoms with Crippen molar-refractivity contribution in [3.8, 4) is 11.5 Å². The van der Waals surface area contributed by atoms with Crippen LogP contribution in [0.4, 0.5) is 11.6 Å². The Morgan fingerprint density at radius 2 is 1.71 bits per heavy atom. The highest BCUT2D eigenvalue weighted by Crippen LogP contribution is 2.24. The Kier molecular flexibility index (Phi) is 6.42. The molecule has 0 fully saturated rings. The maximum absolute atomic E-state index is 12.8. The van der Waals surface area contributed by atoms with E-state index in [1.807, 2.05) is 0 Å². The van der Waals surface area contributed by atoms with E-state index >= 15 is 0 Å². The van der Waals surface area contributed by atoms with Gasteiger partial charge in [-0.1, -0.05) is 23.7 Å². The summed E-state index contributed by atoms with van der Waals surface area (Å²) in [5.74, 6) is 0.411. The van der Waals surface area contributed by atoms with Crippen LogP contribution in [0.15, 0.2) is 76.4 Å². The Morgan fingerprint density at radius 3 is 2.32 bits per heavy atom. The van der Waals surface area contributed by atoms with E-state index in [1.165, 1.54) is 23.9 Å². The number of hydrogen-bond donors (Lipinski definition) is 2. The molecule has 172 valence electrons. The first-order valence-electron chi connectivity index (χ1n) is 10.0. The van der Waals surface area contributed by atoms with Gasteiger partial charge in [0.1, 0.15) is 17.2 Å². The number of amides is 1. The number of halogens is 1. The minimum absolute atomic E-state index is 0.1000. The van der Waals surface area contributed by atoms with Gasteiger partial charge in [0.25, 0.3) is 5.91 Å². The van der Waals surface area contributed by atoms with Gasteiger partial charge in [-0.3, -0.25) is 9.36 Å². The third-order valence-electron chi connectivity index (χ3n) is 4.85. The summed E-state index contributed by atoms with van der Waals surface area (Å²) >= 11 is 5.94. The average Bonchev–Trinajstić information content (AvgIpc) is 2.83. The molecule has 34 heavy (non-hydrogen) atoms. The highest BCUT2D eigenvalue weighted by molar-refractivity contribution is 6.30. The number of ether oxygens (including phenoxy) is 1. The first-order valence-corrected chi connectivity index (χ1v) is 10.4. The number of rotatable bonds is 7. The van der Waals surface area contributed by atoms with Crippen LogP contribution < -0.4 is 27.2 Å². The van der Waals surface area contributed by atoms with E-state index in [1.54, 1.807) is 54.6 Å². The van der Waals surface area contributed by atoms with E-state index < -0.39 is 17.3 Å². The summed E-state index contributed by atoms with van der Waals surface area (Å²) in [7, 11) is 1.37. The lowest BCUT2D eigenvalue weighted by atomic mass is 10.2. The summed E-state index contributed by atoms with van der Waals surface area (Å²) < 4.78 is 8.01. The maximum atomic E-state index is 12.8. The molecule has 2 aromatic heterocycles. The van der Waals surface area contributed by atoms with Crippen LogP contribution in [0.2, 0.25) is 5.02 Å². The number of nitrogens with two attached hydrogens (primary N) is 1. The van der Waals surface area contributed by atoms with Gasteiger partial charge in [-0.25, -0.2) is 19.1 Å². The standard InChI is InChI=1S/C23H19ClN6O4/c1-29-22(32)28-21(30(23(29)33)13-14-2-4-15(24)5-3-14)27-16-6-8-17(9-7-16)34-18-10-11-19(20(25)31)26-12-18/h2-12H,13H2,1H3,(H2,25,31)(H,27,28,32). The van der Waals surface area contributed by atoms with E-state index in [0.717, 1.165) is 10.1 Å². The van der Waals surface area contributed by atoms with Gasteiger partial charge < -0.3 is 15.8 Å². The fraction of sp³-hybridized carbons (Fsp3) is 0.0870. The number of benzene rings is 2. The Bertz CT molecular complexity index is 1450. The predicted octanol–water partition coefficient (Wildman–Crippen LogP) is 2.67. The van der Waals surface area contributed by atoms with Crippen molar-refractivity contribution in [3.63, 3.8) is 0 Å². The molecule has 2 heterocycles. The molecule has 0 unspecified atom stereocenters. The number of carbonyl (C=O) groups is 1. The quantitative estimate of drug-likeness (QED) is 0.417. The van der Waals surface area contributed by atoms with Gasteiger partial charge >= 0.3 is 11.4 Å². The van der Waals surface area contributed by atoms with Crippen LogP contribution in [0.1, 0.15) is 16.1 Å². The van der Waals surface area contributed by atoms with E-state index in [9.17, 15) is 14.4 Å². The Hall–Kier alpha value is -4.44. The largest absolute Gasteiger partial charge is 0.456 e. The second-order valence-corrected chi connectivity index (χ2v) is 7.70. The number of pyridine rings is 1. The molecular weight excluding hydrogens is 460 g/mol.